The van der Waals surface area contributed by atoms with Crippen LogP contribution in [0.5, 0.6) is 0 Å². The third kappa shape index (κ3) is 15.8. The van der Waals surface area contributed by atoms with Crippen molar-refractivity contribution in [1.29, 1.82) is 0 Å². The van der Waals surface area contributed by atoms with Gasteiger partial charge in [0, 0.05) is 71.9 Å². The number of rotatable bonds is 18. The van der Waals surface area contributed by atoms with Crippen molar-refractivity contribution >= 4 is 70.1 Å². The first-order valence-corrected chi connectivity index (χ1v) is 28.6. The smallest absolute Gasteiger partial charge is 0.254 e. The number of nitrogens with two attached hydrogens (primary N) is 6. The largest absolute Gasteiger partial charge is 0.365 e. The van der Waals surface area contributed by atoms with Crippen molar-refractivity contribution < 1.29 is 14.4 Å². The summed E-state index contributed by atoms with van der Waals surface area (Å²) >= 11 is 0. The molecule has 12 rings (SSSR count). The van der Waals surface area contributed by atoms with Gasteiger partial charge in [0.2, 0.25) is 17.8 Å². The number of aromatic nitrogens is 15. The highest BCUT2D eigenvalue weighted by atomic mass is 16.2. The van der Waals surface area contributed by atoms with Crippen LogP contribution >= 0.6 is 0 Å². The SMILES string of the molecule is NC(=O)c1cnc(N[C@@H]2CCCC[C@@H]2N)nc1Nc1cccc(-n2nccn2)c1.NC(=O)c1cnc(N[C@@H]2CCCC[C@@H]2N)nc1Nc1cccc(-n2nccn2)c1.NC(=O)c1cnc(N[C@@H]2CCCC[C@@H]2N)nc1Nc1cccc(-n2nccn2)c1. The zero-order valence-electron chi connectivity index (χ0n) is 47.5. The van der Waals surface area contributed by atoms with E-state index in [2.05, 4.69) is 92.4 Å². The van der Waals surface area contributed by atoms with Gasteiger partial charge in [0.15, 0.2) is 0 Å². The van der Waals surface area contributed by atoms with Crippen LogP contribution in [0.4, 0.5) is 52.4 Å². The first kappa shape index (κ1) is 59.6. The van der Waals surface area contributed by atoms with Gasteiger partial charge in [-0.3, -0.25) is 14.4 Å². The van der Waals surface area contributed by atoms with Crippen molar-refractivity contribution in [2.75, 3.05) is 31.9 Å². The highest BCUT2D eigenvalue weighted by molar-refractivity contribution is 5.99. The standard InChI is InChI=1S/3C19H23N9O/c3*20-15-6-1-2-7-16(15)26-19-22-11-14(17(21)29)18(27-19)25-12-4-3-5-13(10-12)28-23-8-9-24-28/h3*3-5,8-11,15-16H,1-2,6-7,20H2,(H2,21,29)(H2,22,25,26,27)/t3*15-,16+/m000/s1. The van der Waals surface area contributed by atoms with Crippen LogP contribution in [0.3, 0.4) is 0 Å². The normalized spacial score (nSPS) is 18.9. The van der Waals surface area contributed by atoms with E-state index in [-0.39, 0.29) is 52.9 Å². The molecule has 30 nitrogen and oxygen atoms in total. The maximum absolute atomic E-state index is 11.9. The Labute approximate surface area is 499 Å². The van der Waals surface area contributed by atoms with Crippen molar-refractivity contribution in [3.8, 4) is 17.1 Å². The summed E-state index contributed by atoms with van der Waals surface area (Å²) in [6.07, 6.45) is 26.4. The van der Waals surface area contributed by atoms with E-state index in [9.17, 15) is 14.4 Å². The number of anilines is 9. The first-order chi connectivity index (χ1) is 42.3. The lowest BCUT2D eigenvalue weighted by atomic mass is 9.91. The Kier molecular flexibility index (Phi) is 19.4. The Bertz CT molecular complexity index is 3350. The second-order valence-electron chi connectivity index (χ2n) is 21.0. The number of hydrogen-bond donors (Lipinski definition) is 12. The van der Waals surface area contributed by atoms with E-state index in [1.54, 1.807) is 37.2 Å². The molecular weight excluding hydrogens is 1110 g/mol. The van der Waals surface area contributed by atoms with Crippen LogP contribution in [0.2, 0.25) is 0 Å². The number of nitrogens with zero attached hydrogens (tertiary/aromatic N) is 15. The van der Waals surface area contributed by atoms with Gasteiger partial charge in [-0.05, 0) is 93.1 Å². The quantitative estimate of drug-likeness (QED) is 0.0551. The first-order valence-electron chi connectivity index (χ1n) is 28.6. The molecule has 3 amide bonds. The number of carbonyl (C=O) groups excluding carboxylic acids is 3. The van der Waals surface area contributed by atoms with Gasteiger partial charge in [-0.1, -0.05) is 56.7 Å². The highest BCUT2D eigenvalue weighted by Crippen LogP contribution is 2.28. The number of hydrogen-bond acceptors (Lipinski definition) is 24. The molecule has 18 N–H and O–H groups in total. The van der Waals surface area contributed by atoms with Crippen molar-refractivity contribution in [3.63, 3.8) is 0 Å². The number of primary amides is 3. The van der Waals surface area contributed by atoms with E-state index in [0.29, 0.717) is 52.4 Å². The number of carbonyl (C=O) groups is 3. The monoisotopic (exact) mass is 1180 g/mol. The Morgan fingerprint density at radius 2 is 0.655 bits per heavy atom. The minimum atomic E-state index is -0.613. The molecule has 3 aromatic carbocycles. The van der Waals surface area contributed by atoms with Gasteiger partial charge in [-0.2, -0.15) is 59.9 Å². The molecule has 0 bridgehead atoms. The molecule has 87 heavy (non-hydrogen) atoms. The molecule has 6 aromatic heterocycles. The summed E-state index contributed by atoms with van der Waals surface area (Å²) in [6, 6.07) is 22.7. The third-order valence-corrected chi connectivity index (χ3v) is 14.8. The summed E-state index contributed by atoms with van der Waals surface area (Å²) in [5, 5.41) is 44.1. The third-order valence-electron chi connectivity index (χ3n) is 14.8. The topological polar surface area (TPSA) is 449 Å². The van der Waals surface area contributed by atoms with E-state index in [0.717, 1.165) is 94.1 Å². The molecule has 9 aromatic rings. The van der Waals surface area contributed by atoms with Crippen LogP contribution in [-0.2, 0) is 0 Å². The second-order valence-corrected chi connectivity index (χ2v) is 21.0. The summed E-state index contributed by atoms with van der Waals surface area (Å²) in [6.45, 7) is 0. The summed E-state index contributed by atoms with van der Waals surface area (Å²) in [4.78, 5) is 66.2. The van der Waals surface area contributed by atoms with Gasteiger partial charge >= 0.3 is 0 Å². The van der Waals surface area contributed by atoms with E-state index >= 15 is 0 Å². The molecule has 30 heteroatoms. The van der Waals surface area contributed by atoms with E-state index in [4.69, 9.17) is 34.4 Å². The lowest BCUT2D eigenvalue weighted by Crippen LogP contribution is -2.43. The maximum Gasteiger partial charge on any atom is 0.254 e. The average molecular weight is 1180 g/mol. The summed E-state index contributed by atoms with van der Waals surface area (Å²) in [5.74, 6) is 0.356. The van der Waals surface area contributed by atoms with Gasteiger partial charge in [0.1, 0.15) is 34.1 Å². The lowest BCUT2D eigenvalue weighted by Gasteiger charge is -2.29. The molecule has 0 radical (unpaired) electrons. The molecule has 6 atom stereocenters. The summed E-state index contributed by atoms with van der Waals surface area (Å²) in [5.41, 5.74) is 40.2. The molecule has 3 fully saturated rings. The van der Waals surface area contributed by atoms with Crippen molar-refractivity contribution in [2.24, 2.45) is 34.4 Å². The van der Waals surface area contributed by atoms with Crippen molar-refractivity contribution in [1.82, 2.24) is 74.9 Å². The minimum Gasteiger partial charge on any atom is -0.365 e. The van der Waals surface area contributed by atoms with Crippen LogP contribution < -0.4 is 66.3 Å². The molecule has 3 aliphatic rings. The minimum absolute atomic E-state index is 0.0535. The number of amides is 3. The fourth-order valence-electron chi connectivity index (χ4n) is 10.3. The van der Waals surface area contributed by atoms with Gasteiger partial charge < -0.3 is 66.3 Å². The molecule has 3 saturated carbocycles. The zero-order valence-corrected chi connectivity index (χ0v) is 47.5. The maximum atomic E-state index is 11.9. The predicted molar refractivity (Wildman–Crippen MR) is 327 cm³/mol. The van der Waals surface area contributed by atoms with Crippen LogP contribution in [0.1, 0.15) is 108 Å². The molecule has 6 heterocycles. The number of nitrogens with one attached hydrogen (secondary N) is 6. The van der Waals surface area contributed by atoms with Crippen LogP contribution in [0.25, 0.3) is 17.1 Å². The predicted octanol–water partition coefficient (Wildman–Crippen LogP) is 4.74. The molecule has 0 spiro atoms. The Morgan fingerprint density at radius 3 is 0.908 bits per heavy atom. The van der Waals surface area contributed by atoms with E-state index in [1.165, 1.54) is 33.0 Å². The lowest BCUT2D eigenvalue weighted by molar-refractivity contribution is 0.0992. The van der Waals surface area contributed by atoms with Gasteiger partial charge in [-0.15, -0.1) is 0 Å². The molecular formula is C57H69N27O3. The second kappa shape index (κ2) is 28.3. The van der Waals surface area contributed by atoms with E-state index in [1.807, 2.05) is 72.8 Å². The molecule has 3 aliphatic carbocycles. The highest BCUT2D eigenvalue weighted by Gasteiger charge is 2.26. The Balaban J connectivity index is 0.000000144. The van der Waals surface area contributed by atoms with Gasteiger partial charge in [0.05, 0.1) is 54.2 Å². The molecule has 0 saturated heterocycles. The Hall–Kier alpha value is -10.6. The average Bonchev–Trinajstić information content (AvgIpc) is 3.61. The molecule has 0 aliphatic heterocycles. The molecule has 0 unspecified atom stereocenters. The van der Waals surface area contributed by atoms with Crippen LogP contribution in [-0.4, -0.2) is 129 Å². The van der Waals surface area contributed by atoms with E-state index < -0.39 is 17.7 Å². The van der Waals surface area contributed by atoms with Gasteiger partial charge in [0.25, 0.3) is 17.7 Å². The van der Waals surface area contributed by atoms with Crippen LogP contribution in [0, 0.1) is 0 Å². The number of benzene rings is 3. The zero-order chi connectivity index (χ0) is 60.7. The summed E-state index contributed by atoms with van der Waals surface area (Å²) in [7, 11) is 0. The fourth-order valence-corrected chi connectivity index (χ4v) is 10.3. The van der Waals surface area contributed by atoms with Crippen molar-refractivity contribution in [2.45, 2.75) is 113 Å². The Morgan fingerprint density at radius 1 is 0.391 bits per heavy atom. The van der Waals surface area contributed by atoms with Gasteiger partial charge in [-0.25, -0.2) is 15.0 Å². The van der Waals surface area contributed by atoms with Crippen LogP contribution in [0.15, 0.2) is 129 Å². The summed E-state index contributed by atoms with van der Waals surface area (Å²) < 4.78 is 0. The molecule has 450 valence electrons. The van der Waals surface area contributed by atoms with Crippen molar-refractivity contribution in [3.05, 3.63) is 145 Å². The fraction of sp³-hybridized carbons (Fsp3) is 0.316.